The normalized spacial score (nSPS) is 22.0. The average Bonchev–Trinajstić information content (AvgIpc) is 2.77. The average molecular weight is 481 g/mol. The van der Waals surface area contributed by atoms with Crippen molar-refractivity contribution in [2.45, 2.75) is 43.9 Å². The van der Waals surface area contributed by atoms with Crippen molar-refractivity contribution in [3.63, 3.8) is 0 Å². The van der Waals surface area contributed by atoms with Gasteiger partial charge < -0.3 is 5.32 Å². The van der Waals surface area contributed by atoms with Gasteiger partial charge in [-0.25, -0.2) is 12.7 Å². The molecule has 2 aromatic rings. The summed E-state index contributed by atoms with van der Waals surface area (Å²) in [5.41, 5.74) is 2.86. The van der Waals surface area contributed by atoms with Gasteiger partial charge in [-0.3, -0.25) is 4.79 Å². The maximum absolute atomic E-state index is 13.1. The topological polar surface area (TPSA) is 66.5 Å². The highest BCUT2D eigenvalue weighted by molar-refractivity contribution is 7.88. The highest BCUT2D eigenvalue weighted by Crippen LogP contribution is 2.31. The highest BCUT2D eigenvalue weighted by Gasteiger charge is 2.34. The molecule has 2 atom stereocenters. The van der Waals surface area contributed by atoms with Crippen molar-refractivity contribution < 1.29 is 13.2 Å². The number of amides is 1. The van der Waals surface area contributed by atoms with E-state index in [4.69, 9.17) is 23.2 Å². The second kappa shape index (κ2) is 9.49. The second-order valence-corrected chi connectivity index (χ2v) is 11.1. The number of nitrogens with zero attached hydrogens (tertiary/aromatic N) is 1. The fraction of sp³-hybridized carbons (Fsp3) is 0.435. The lowest BCUT2D eigenvalue weighted by molar-refractivity contribution is -0.127. The zero-order chi connectivity index (χ0) is 22.0. The first-order valence-corrected chi connectivity index (χ1v) is 13.0. The number of halogens is 2. The highest BCUT2D eigenvalue weighted by atomic mass is 35.5. The second-order valence-electron chi connectivity index (χ2n) is 8.31. The summed E-state index contributed by atoms with van der Waals surface area (Å²) < 4.78 is 27.5. The Bertz CT molecular complexity index is 1050. The number of fused-ring (bicyclic) bond motifs is 1. The number of carbonyl (C=O) groups excluding carboxylic acids is 1. The Morgan fingerprint density at radius 2 is 1.77 bits per heavy atom. The first-order chi connectivity index (χ1) is 14.8. The molecule has 5 nitrogen and oxygen atoms in total. The molecule has 1 heterocycles. The Balaban J connectivity index is 1.44. The molecule has 1 N–H and O–H groups in total. The maximum Gasteiger partial charge on any atom is 0.224 e. The van der Waals surface area contributed by atoms with E-state index in [1.54, 1.807) is 18.2 Å². The molecule has 1 fully saturated rings. The van der Waals surface area contributed by atoms with Gasteiger partial charge in [0, 0.05) is 28.7 Å². The summed E-state index contributed by atoms with van der Waals surface area (Å²) in [6.07, 6.45) is 4.30. The smallest absolute Gasteiger partial charge is 0.224 e. The monoisotopic (exact) mass is 480 g/mol. The number of aryl methyl sites for hydroxylation is 1. The van der Waals surface area contributed by atoms with Crippen molar-refractivity contribution in [2.24, 2.45) is 5.92 Å². The summed E-state index contributed by atoms with van der Waals surface area (Å²) in [7, 11) is -3.65. The van der Waals surface area contributed by atoms with Gasteiger partial charge in [-0.2, -0.15) is 0 Å². The van der Waals surface area contributed by atoms with Crippen molar-refractivity contribution >= 4 is 39.1 Å². The van der Waals surface area contributed by atoms with Crippen molar-refractivity contribution in [3.05, 3.63) is 69.2 Å². The van der Waals surface area contributed by atoms with Crippen LogP contribution in [0.5, 0.6) is 0 Å². The lowest BCUT2D eigenvalue weighted by atomic mass is 9.87. The van der Waals surface area contributed by atoms with Gasteiger partial charge in [-0.1, -0.05) is 53.5 Å². The molecule has 0 spiro atoms. The Morgan fingerprint density at radius 1 is 1.03 bits per heavy atom. The summed E-state index contributed by atoms with van der Waals surface area (Å²) in [5, 5.41) is 3.85. The van der Waals surface area contributed by atoms with E-state index in [0.717, 1.165) is 19.3 Å². The van der Waals surface area contributed by atoms with E-state index < -0.39 is 10.0 Å². The van der Waals surface area contributed by atoms with Gasteiger partial charge in [0.2, 0.25) is 15.9 Å². The van der Waals surface area contributed by atoms with Crippen LogP contribution in [0.2, 0.25) is 10.0 Å². The lowest BCUT2D eigenvalue weighted by Gasteiger charge is -2.33. The molecule has 4 rings (SSSR count). The van der Waals surface area contributed by atoms with Gasteiger partial charge in [-0.15, -0.1) is 0 Å². The Kier molecular flexibility index (Phi) is 6.92. The van der Waals surface area contributed by atoms with Crippen LogP contribution < -0.4 is 5.32 Å². The number of carbonyl (C=O) groups is 1. The molecule has 0 aromatic heterocycles. The van der Waals surface area contributed by atoms with E-state index in [0.29, 0.717) is 35.0 Å². The van der Waals surface area contributed by atoms with Crippen LogP contribution in [-0.4, -0.2) is 31.7 Å². The Labute approximate surface area is 193 Å². The first kappa shape index (κ1) is 22.6. The van der Waals surface area contributed by atoms with E-state index in [1.807, 2.05) is 12.1 Å². The van der Waals surface area contributed by atoms with Crippen LogP contribution in [0.4, 0.5) is 0 Å². The van der Waals surface area contributed by atoms with E-state index in [2.05, 4.69) is 17.4 Å². The fourth-order valence-corrected chi connectivity index (χ4v) is 6.91. The van der Waals surface area contributed by atoms with E-state index in [1.165, 1.54) is 15.4 Å². The van der Waals surface area contributed by atoms with Gasteiger partial charge in [0.05, 0.1) is 17.7 Å². The molecule has 31 heavy (non-hydrogen) atoms. The zero-order valence-electron chi connectivity index (χ0n) is 17.2. The predicted molar refractivity (Wildman–Crippen MR) is 124 cm³/mol. The van der Waals surface area contributed by atoms with Crippen LogP contribution in [-0.2, 0) is 27.0 Å². The summed E-state index contributed by atoms with van der Waals surface area (Å²) in [5.74, 6) is -0.702. The number of sulfonamides is 1. The summed E-state index contributed by atoms with van der Waals surface area (Å²) in [6.45, 7) is 0.588. The van der Waals surface area contributed by atoms with Gasteiger partial charge in [-0.05, 0) is 55.4 Å². The summed E-state index contributed by atoms with van der Waals surface area (Å²) in [4.78, 5) is 13.0. The molecular weight excluding hydrogens is 455 g/mol. The third-order valence-electron chi connectivity index (χ3n) is 6.22. The number of benzene rings is 2. The van der Waals surface area contributed by atoms with Gasteiger partial charge >= 0.3 is 0 Å². The molecule has 1 saturated heterocycles. The molecule has 1 aliphatic heterocycles. The lowest BCUT2D eigenvalue weighted by Crippen LogP contribution is -2.46. The molecular formula is C23H26Cl2N2O3S. The van der Waals surface area contributed by atoms with Gasteiger partial charge in [0.1, 0.15) is 0 Å². The van der Waals surface area contributed by atoms with Crippen molar-refractivity contribution in [2.75, 3.05) is 13.1 Å². The summed E-state index contributed by atoms with van der Waals surface area (Å²) in [6, 6.07) is 13.2. The zero-order valence-corrected chi connectivity index (χ0v) is 19.5. The van der Waals surface area contributed by atoms with Crippen LogP contribution in [0.15, 0.2) is 42.5 Å². The fourth-order valence-electron chi connectivity index (χ4n) is 4.55. The van der Waals surface area contributed by atoms with E-state index in [-0.39, 0.29) is 30.2 Å². The van der Waals surface area contributed by atoms with Crippen molar-refractivity contribution in [1.82, 2.24) is 9.62 Å². The number of piperidine rings is 1. The molecule has 1 amide bonds. The third-order valence-corrected chi connectivity index (χ3v) is 8.70. The van der Waals surface area contributed by atoms with Crippen LogP contribution in [0.25, 0.3) is 0 Å². The summed E-state index contributed by atoms with van der Waals surface area (Å²) >= 11 is 12.3. The molecule has 166 valence electrons. The molecule has 0 saturated carbocycles. The maximum atomic E-state index is 13.1. The Hall–Kier alpha value is -1.60. The van der Waals surface area contributed by atoms with E-state index in [9.17, 15) is 13.2 Å². The minimum atomic E-state index is -3.65. The van der Waals surface area contributed by atoms with Crippen LogP contribution >= 0.6 is 23.2 Å². The van der Waals surface area contributed by atoms with Crippen LogP contribution in [0.1, 0.15) is 48.4 Å². The Morgan fingerprint density at radius 3 is 2.55 bits per heavy atom. The van der Waals surface area contributed by atoms with Crippen LogP contribution in [0, 0.1) is 5.92 Å². The molecule has 2 aliphatic rings. The molecule has 1 aliphatic carbocycles. The first-order valence-electron chi connectivity index (χ1n) is 10.6. The van der Waals surface area contributed by atoms with Gasteiger partial charge in [0.15, 0.2) is 0 Å². The third kappa shape index (κ3) is 5.08. The number of rotatable bonds is 5. The minimum absolute atomic E-state index is 0.00799. The molecule has 2 aromatic carbocycles. The predicted octanol–water partition coefficient (Wildman–Crippen LogP) is 4.73. The standard InChI is InChI=1S/C23H26Cl2N2O3S/c24-20-10-4-11-21(25)19(20)15-31(29,30)27-13-5-8-17(14-27)23(28)26-22-12-3-7-16-6-1-2-9-18(16)22/h1-2,4,6,9-11,17,22H,3,5,7-8,12-15H2,(H,26,28)/t17-,22-/m1/s1. The van der Waals surface area contributed by atoms with Gasteiger partial charge in [0.25, 0.3) is 0 Å². The molecule has 0 unspecified atom stereocenters. The van der Waals surface area contributed by atoms with Crippen molar-refractivity contribution in [3.8, 4) is 0 Å². The SMILES string of the molecule is O=C(N[C@@H]1CCCc2ccccc21)[C@@H]1CCCN(S(=O)(=O)Cc2c(Cl)cccc2Cl)C1. The number of hydrogen-bond acceptors (Lipinski definition) is 3. The van der Waals surface area contributed by atoms with Crippen LogP contribution in [0.3, 0.4) is 0 Å². The molecule has 8 heteroatoms. The number of nitrogens with one attached hydrogen (secondary N) is 1. The largest absolute Gasteiger partial charge is 0.349 e. The molecule has 0 bridgehead atoms. The van der Waals surface area contributed by atoms with Crippen molar-refractivity contribution in [1.29, 1.82) is 0 Å². The number of hydrogen-bond donors (Lipinski definition) is 1. The van der Waals surface area contributed by atoms with E-state index >= 15 is 0 Å². The minimum Gasteiger partial charge on any atom is -0.349 e. The molecule has 0 radical (unpaired) electrons. The quantitative estimate of drug-likeness (QED) is 0.672.